The van der Waals surface area contributed by atoms with Crippen LogP contribution in [-0.2, 0) is 10.3 Å². The van der Waals surface area contributed by atoms with Crippen molar-refractivity contribution >= 4 is 27.0 Å². The first-order chi connectivity index (χ1) is 8.64. The Labute approximate surface area is 113 Å². The van der Waals surface area contributed by atoms with Gasteiger partial charge < -0.3 is 13.9 Å². The maximum atomic E-state index is 5.87. The topological polar surface area (TPSA) is 44.5 Å². The molecule has 1 fully saturated rings. The highest BCUT2D eigenvalue weighted by Gasteiger charge is 2.37. The average molecular weight is 312 g/mol. The van der Waals surface area contributed by atoms with Crippen LogP contribution in [0.2, 0.25) is 0 Å². The van der Waals surface area contributed by atoms with E-state index in [1.54, 1.807) is 7.11 Å². The number of hydrogen-bond donors (Lipinski definition) is 0. The fraction of sp³-hybridized carbons (Fsp3) is 0.462. The van der Waals surface area contributed by atoms with Crippen LogP contribution in [0.15, 0.2) is 21.0 Å². The van der Waals surface area contributed by atoms with E-state index in [0.717, 1.165) is 29.4 Å². The molecule has 0 amide bonds. The molecular formula is C13H14BrNO3. The van der Waals surface area contributed by atoms with Crippen LogP contribution in [0.1, 0.15) is 25.7 Å². The van der Waals surface area contributed by atoms with Crippen molar-refractivity contribution in [1.29, 1.82) is 0 Å². The van der Waals surface area contributed by atoms with Crippen LogP contribution >= 0.6 is 15.9 Å². The molecule has 2 aromatic rings. The molecule has 0 spiro atoms. The summed E-state index contributed by atoms with van der Waals surface area (Å²) in [5.74, 6) is 1.34. The number of nitrogens with zero attached hydrogens (tertiary/aromatic N) is 1. The zero-order valence-corrected chi connectivity index (χ0v) is 11.9. The maximum absolute atomic E-state index is 5.87. The summed E-state index contributed by atoms with van der Waals surface area (Å²) in [4.78, 5) is 4.55. The maximum Gasteiger partial charge on any atom is 0.227 e. The summed E-state index contributed by atoms with van der Waals surface area (Å²) in [6, 6.07) is 3.77. The molecule has 18 heavy (non-hydrogen) atoms. The summed E-state index contributed by atoms with van der Waals surface area (Å²) >= 11 is 3.47. The normalized spacial score (nSPS) is 23.7. The third-order valence-electron chi connectivity index (χ3n) is 3.35. The Morgan fingerprint density at radius 1 is 1.44 bits per heavy atom. The van der Waals surface area contributed by atoms with E-state index in [1.165, 1.54) is 0 Å². The number of ether oxygens (including phenoxy) is 2. The van der Waals surface area contributed by atoms with Crippen LogP contribution in [0.25, 0.3) is 11.1 Å². The summed E-state index contributed by atoms with van der Waals surface area (Å²) in [5, 5.41) is 0. The van der Waals surface area contributed by atoms with Crippen LogP contribution < -0.4 is 4.74 Å². The molecule has 0 radical (unpaired) electrons. The monoisotopic (exact) mass is 311 g/mol. The van der Waals surface area contributed by atoms with Crippen molar-refractivity contribution in [3.63, 3.8) is 0 Å². The lowest BCUT2D eigenvalue weighted by Crippen LogP contribution is -2.20. The summed E-state index contributed by atoms with van der Waals surface area (Å²) in [6.07, 6.45) is 1.97. The average Bonchev–Trinajstić information content (AvgIpc) is 2.97. The highest BCUT2D eigenvalue weighted by molar-refractivity contribution is 9.10. The van der Waals surface area contributed by atoms with Gasteiger partial charge in [0.15, 0.2) is 11.1 Å². The van der Waals surface area contributed by atoms with Crippen molar-refractivity contribution in [2.24, 2.45) is 0 Å². The lowest BCUT2D eigenvalue weighted by Gasteiger charge is -2.17. The second-order valence-electron chi connectivity index (χ2n) is 4.63. The Bertz CT molecular complexity index is 587. The molecule has 1 aromatic heterocycles. The van der Waals surface area contributed by atoms with Gasteiger partial charge in [0.2, 0.25) is 5.89 Å². The highest BCUT2D eigenvalue weighted by Crippen LogP contribution is 2.39. The molecule has 1 aliphatic rings. The molecule has 0 aliphatic carbocycles. The van der Waals surface area contributed by atoms with E-state index < -0.39 is 5.60 Å². The number of rotatable bonds is 2. The van der Waals surface area contributed by atoms with E-state index in [0.29, 0.717) is 17.2 Å². The van der Waals surface area contributed by atoms with Gasteiger partial charge in [0.1, 0.15) is 11.4 Å². The second kappa shape index (κ2) is 4.24. The van der Waals surface area contributed by atoms with Gasteiger partial charge in [-0.1, -0.05) is 0 Å². The molecule has 1 unspecified atom stereocenters. The van der Waals surface area contributed by atoms with Crippen LogP contribution in [0, 0.1) is 0 Å². The quantitative estimate of drug-likeness (QED) is 0.849. The molecule has 1 aliphatic heterocycles. The van der Waals surface area contributed by atoms with Crippen LogP contribution in [-0.4, -0.2) is 18.7 Å². The lowest BCUT2D eigenvalue weighted by molar-refractivity contribution is -0.00412. The Kier molecular flexibility index (Phi) is 2.83. The van der Waals surface area contributed by atoms with Gasteiger partial charge in [-0.25, -0.2) is 4.98 Å². The first-order valence-corrected chi connectivity index (χ1v) is 6.71. The van der Waals surface area contributed by atoms with E-state index in [4.69, 9.17) is 13.9 Å². The molecule has 4 nitrogen and oxygen atoms in total. The number of oxazole rings is 1. The minimum absolute atomic E-state index is 0.413. The molecule has 1 saturated heterocycles. The van der Waals surface area contributed by atoms with E-state index >= 15 is 0 Å². The zero-order chi connectivity index (χ0) is 12.8. The molecule has 1 atom stereocenters. The van der Waals surface area contributed by atoms with Crippen molar-refractivity contribution in [1.82, 2.24) is 4.98 Å². The van der Waals surface area contributed by atoms with Gasteiger partial charge in [-0.2, -0.15) is 0 Å². The fourth-order valence-corrected chi connectivity index (χ4v) is 2.69. The summed E-state index contributed by atoms with van der Waals surface area (Å²) in [7, 11) is 1.63. The smallest absolute Gasteiger partial charge is 0.227 e. The van der Waals surface area contributed by atoms with E-state index in [1.807, 2.05) is 19.1 Å². The molecular weight excluding hydrogens is 298 g/mol. The lowest BCUT2D eigenvalue weighted by atomic mass is 10.0. The van der Waals surface area contributed by atoms with E-state index in [-0.39, 0.29) is 0 Å². The number of benzene rings is 1. The molecule has 0 bridgehead atoms. The van der Waals surface area contributed by atoms with Crippen molar-refractivity contribution in [3.8, 4) is 5.75 Å². The van der Waals surface area contributed by atoms with E-state index in [2.05, 4.69) is 20.9 Å². The molecule has 0 saturated carbocycles. The minimum Gasteiger partial charge on any atom is -0.494 e. The standard InChI is InChI=1S/C13H14BrNO3/c1-13(6-3-7-17-13)12-15-10-9(16-2)5-4-8(14)11(10)18-12/h4-5H,3,6-7H2,1-2H3. The SMILES string of the molecule is COc1ccc(Br)c2oc(C3(C)CCCO3)nc12. The highest BCUT2D eigenvalue weighted by atomic mass is 79.9. The predicted molar refractivity (Wildman–Crippen MR) is 70.8 cm³/mol. The second-order valence-corrected chi connectivity index (χ2v) is 5.48. The summed E-state index contributed by atoms with van der Waals surface area (Å²) < 4.78 is 17.8. The van der Waals surface area contributed by atoms with Gasteiger partial charge >= 0.3 is 0 Å². The van der Waals surface area contributed by atoms with Crippen molar-refractivity contribution < 1.29 is 13.9 Å². The largest absolute Gasteiger partial charge is 0.494 e. The van der Waals surface area contributed by atoms with Crippen LogP contribution in [0.5, 0.6) is 5.75 Å². The van der Waals surface area contributed by atoms with E-state index in [9.17, 15) is 0 Å². The predicted octanol–water partition coefficient (Wildman–Crippen LogP) is 3.62. The van der Waals surface area contributed by atoms with Gasteiger partial charge in [-0.05, 0) is 47.8 Å². The third kappa shape index (κ3) is 1.73. The minimum atomic E-state index is -0.413. The Balaban J connectivity index is 2.18. The van der Waals surface area contributed by atoms with Gasteiger partial charge in [-0.3, -0.25) is 0 Å². The van der Waals surface area contributed by atoms with Gasteiger partial charge in [0, 0.05) is 6.61 Å². The van der Waals surface area contributed by atoms with Crippen LogP contribution in [0.4, 0.5) is 0 Å². The number of aromatic nitrogens is 1. The number of hydrogen-bond acceptors (Lipinski definition) is 4. The van der Waals surface area contributed by atoms with Gasteiger partial charge in [0.25, 0.3) is 0 Å². The van der Waals surface area contributed by atoms with Crippen LogP contribution in [0.3, 0.4) is 0 Å². The molecule has 0 N–H and O–H groups in total. The molecule has 1 aromatic carbocycles. The number of halogens is 1. The third-order valence-corrected chi connectivity index (χ3v) is 3.97. The summed E-state index contributed by atoms with van der Waals surface area (Å²) in [5.41, 5.74) is 1.03. The Morgan fingerprint density at radius 2 is 2.28 bits per heavy atom. The van der Waals surface area contributed by atoms with Crippen molar-refractivity contribution in [2.75, 3.05) is 13.7 Å². The number of methoxy groups -OCH3 is 1. The van der Waals surface area contributed by atoms with Gasteiger partial charge in [0.05, 0.1) is 11.6 Å². The molecule has 96 valence electrons. The molecule has 3 rings (SSSR count). The van der Waals surface area contributed by atoms with Crippen molar-refractivity contribution in [2.45, 2.75) is 25.4 Å². The first-order valence-electron chi connectivity index (χ1n) is 5.91. The van der Waals surface area contributed by atoms with Crippen molar-refractivity contribution in [3.05, 3.63) is 22.5 Å². The fourth-order valence-electron chi connectivity index (χ4n) is 2.29. The zero-order valence-electron chi connectivity index (χ0n) is 10.3. The Hall–Kier alpha value is -1.07. The van der Waals surface area contributed by atoms with Gasteiger partial charge in [-0.15, -0.1) is 0 Å². The number of fused-ring (bicyclic) bond motifs is 1. The molecule has 2 heterocycles. The Morgan fingerprint density at radius 3 is 2.94 bits per heavy atom. The first kappa shape index (κ1) is 12.0. The molecule has 5 heteroatoms. The summed E-state index contributed by atoms with van der Waals surface area (Å²) in [6.45, 7) is 2.78.